The molecular formula is C16H25N3O6. The molecule has 9 heteroatoms. The Hall–Kier alpha value is -2.58. The zero-order chi connectivity index (χ0) is 19.4. The van der Waals surface area contributed by atoms with Gasteiger partial charge in [-0.2, -0.15) is 9.78 Å². The van der Waals surface area contributed by atoms with Gasteiger partial charge in [-0.05, 0) is 47.6 Å². The van der Waals surface area contributed by atoms with Crippen molar-refractivity contribution < 1.29 is 29.0 Å². The quantitative estimate of drug-likeness (QED) is 0.849. The molecule has 2 N–H and O–H groups in total. The highest BCUT2D eigenvalue weighted by Crippen LogP contribution is 2.10. The number of amides is 1. The molecule has 1 heterocycles. The molecule has 0 aromatic carbocycles. The van der Waals surface area contributed by atoms with Crippen LogP contribution in [0.2, 0.25) is 0 Å². The molecule has 0 bridgehead atoms. The molecule has 0 aliphatic carbocycles. The molecule has 25 heavy (non-hydrogen) atoms. The van der Waals surface area contributed by atoms with E-state index in [-0.39, 0.29) is 6.42 Å². The van der Waals surface area contributed by atoms with Crippen LogP contribution < -0.4 is 5.32 Å². The number of rotatable bonds is 4. The first kappa shape index (κ1) is 20.5. The predicted molar refractivity (Wildman–Crippen MR) is 88.4 cm³/mol. The van der Waals surface area contributed by atoms with Crippen LogP contribution in [0.5, 0.6) is 0 Å². The Morgan fingerprint density at radius 2 is 1.72 bits per heavy atom. The molecule has 0 saturated carbocycles. The summed E-state index contributed by atoms with van der Waals surface area (Å²) in [6.45, 7) is 10.2. The molecule has 0 fully saturated rings. The molecular weight excluding hydrogens is 330 g/mol. The van der Waals surface area contributed by atoms with Gasteiger partial charge in [-0.3, -0.25) is 0 Å². The average Bonchev–Trinajstić information content (AvgIpc) is 2.82. The summed E-state index contributed by atoms with van der Waals surface area (Å²) in [5.74, 6) is -1.24. The van der Waals surface area contributed by atoms with Crippen LogP contribution in [0.25, 0.3) is 0 Å². The van der Waals surface area contributed by atoms with Crippen molar-refractivity contribution in [3.63, 3.8) is 0 Å². The Balaban J connectivity index is 2.76. The zero-order valence-electron chi connectivity index (χ0n) is 15.3. The number of alkyl carbamates (subject to hydrolysis) is 1. The zero-order valence-corrected chi connectivity index (χ0v) is 15.3. The summed E-state index contributed by atoms with van der Waals surface area (Å²) in [6, 6.07) is 0.244. The van der Waals surface area contributed by atoms with Gasteiger partial charge in [0.2, 0.25) is 0 Å². The molecule has 1 aromatic heterocycles. The standard InChI is InChI=1S/C16H25N3O6/c1-15(2,3)24-13(22)17-11(12(20)21)9-10-7-8-19(18-10)14(23)25-16(4,5)6/h7-8,11H,9H2,1-6H3,(H,17,22)(H,20,21)/t11-/m0/s1. The number of nitrogens with zero attached hydrogens (tertiary/aromatic N) is 2. The third-order valence-corrected chi connectivity index (χ3v) is 2.63. The summed E-state index contributed by atoms with van der Waals surface area (Å²) in [7, 11) is 0. The van der Waals surface area contributed by atoms with Crippen LogP contribution in [0, 0.1) is 0 Å². The van der Waals surface area contributed by atoms with Gasteiger partial charge < -0.3 is 19.9 Å². The SMILES string of the molecule is CC(C)(C)OC(=O)N[C@@H](Cc1ccn(C(=O)OC(C)(C)C)n1)C(=O)O. The number of hydrogen-bond donors (Lipinski definition) is 2. The normalized spacial score (nSPS) is 13.0. The number of carbonyl (C=O) groups excluding carboxylic acids is 2. The van der Waals surface area contributed by atoms with E-state index in [9.17, 15) is 19.5 Å². The summed E-state index contributed by atoms with van der Waals surface area (Å²) >= 11 is 0. The lowest BCUT2D eigenvalue weighted by Crippen LogP contribution is -2.44. The highest BCUT2D eigenvalue weighted by Gasteiger charge is 2.25. The van der Waals surface area contributed by atoms with Crippen molar-refractivity contribution in [1.82, 2.24) is 15.1 Å². The number of carboxylic acids is 1. The lowest BCUT2D eigenvalue weighted by molar-refractivity contribution is -0.139. The van der Waals surface area contributed by atoms with E-state index in [1.165, 1.54) is 12.3 Å². The fraction of sp³-hybridized carbons (Fsp3) is 0.625. The van der Waals surface area contributed by atoms with Crippen molar-refractivity contribution in [1.29, 1.82) is 0 Å². The summed E-state index contributed by atoms with van der Waals surface area (Å²) in [6.07, 6.45) is -0.252. The van der Waals surface area contributed by atoms with Gasteiger partial charge in [0, 0.05) is 12.6 Å². The van der Waals surface area contributed by atoms with E-state index < -0.39 is 35.4 Å². The van der Waals surface area contributed by atoms with E-state index in [4.69, 9.17) is 9.47 Å². The second-order valence-corrected chi connectivity index (χ2v) is 7.47. The molecule has 0 saturated heterocycles. The number of aliphatic carboxylic acids is 1. The van der Waals surface area contributed by atoms with Gasteiger partial charge in [-0.25, -0.2) is 14.4 Å². The molecule has 1 aromatic rings. The Bertz CT molecular complexity index is 639. The largest absolute Gasteiger partial charge is 0.480 e. The van der Waals surface area contributed by atoms with Crippen LogP contribution in [0.3, 0.4) is 0 Å². The minimum atomic E-state index is -1.24. The first-order chi connectivity index (χ1) is 11.3. The number of aromatic nitrogens is 2. The van der Waals surface area contributed by atoms with Crippen molar-refractivity contribution in [2.75, 3.05) is 0 Å². The van der Waals surface area contributed by atoms with E-state index in [2.05, 4.69) is 10.4 Å². The van der Waals surface area contributed by atoms with Crippen molar-refractivity contribution in [3.05, 3.63) is 18.0 Å². The van der Waals surface area contributed by atoms with E-state index in [1.807, 2.05) is 0 Å². The Kier molecular flexibility index (Phi) is 6.17. The summed E-state index contributed by atoms with van der Waals surface area (Å²) < 4.78 is 11.2. The van der Waals surface area contributed by atoms with Crippen LogP contribution in [0.1, 0.15) is 47.2 Å². The van der Waals surface area contributed by atoms with Gasteiger partial charge in [0.15, 0.2) is 0 Å². The van der Waals surface area contributed by atoms with Crippen LogP contribution in [-0.2, 0) is 20.7 Å². The molecule has 0 radical (unpaired) electrons. The lowest BCUT2D eigenvalue weighted by Gasteiger charge is -2.21. The predicted octanol–water partition coefficient (Wildman–Crippen LogP) is 2.19. The smallest absolute Gasteiger partial charge is 0.435 e. The molecule has 1 rings (SSSR count). The first-order valence-corrected chi connectivity index (χ1v) is 7.77. The summed E-state index contributed by atoms with van der Waals surface area (Å²) in [5.41, 5.74) is -1.11. The van der Waals surface area contributed by atoms with Gasteiger partial charge in [0.05, 0.1) is 5.69 Å². The van der Waals surface area contributed by atoms with Gasteiger partial charge in [0.25, 0.3) is 0 Å². The fourth-order valence-electron chi connectivity index (χ4n) is 1.74. The second kappa shape index (κ2) is 7.54. The highest BCUT2D eigenvalue weighted by atomic mass is 16.6. The minimum Gasteiger partial charge on any atom is -0.480 e. The van der Waals surface area contributed by atoms with Crippen LogP contribution in [-0.4, -0.2) is 50.3 Å². The van der Waals surface area contributed by atoms with E-state index >= 15 is 0 Å². The fourth-order valence-corrected chi connectivity index (χ4v) is 1.74. The van der Waals surface area contributed by atoms with E-state index in [0.29, 0.717) is 5.69 Å². The Labute approximate surface area is 146 Å². The summed E-state index contributed by atoms with van der Waals surface area (Å²) in [5, 5.41) is 15.5. The van der Waals surface area contributed by atoms with Gasteiger partial charge in [-0.1, -0.05) is 0 Å². The molecule has 0 spiro atoms. The third-order valence-electron chi connectivity index (χ3n) is 2.63. The molecule has 0 aliphatic rings. The van der Waals surface area contributed by atoms with Gasteiger partial charge >= 0.3 is 18.2 Å². The number of hydrogen-bond acceptors (Lipinski definition) is 6. The monoisotopic (exact) mass is 355 g/mol. The molecule has 1 amide bonds. The van der Waals surface area contributed by atoms with Crippen molar-refractivity contribution >= 4 is 18.2 Å². The van der Waals surface area contributed by atoms with Crippen molar-refractivity contribution in [2.24, 2.45) is 0 Å². The topological polar surface area (TPSA) is 120 Å². The van der Waals surface area contributed by atoms with Crippen LogP contribution in [0.15, 0.2) is 12.3 Å². The Morgan fingerprint density at radius 3 is 2.20 bits per heavy atom. The lowest BCUT2D eigenvalue weighted by atomic mass is 10.1. The molecule has 1 atom stereocenters. The van der Waals surface area contributed by atoms with Crippen LogP contribution >= 0.6 is 0 Å². The van der Waals surface area contributed by atoms with Crippen LogP contribution in [0.4, 0.5) is 9.59 Å². The minimum absolute atomic E-state index is 0.107. The maximum atomic E-state index is 11.9. The Morgan fingerprint density at radius 1 is 1.16 bits per heavy atom. The van der Waals surface area contributed by atoms with Crippen molar-refractivity contribution in [2.45, 2.75) is 65.2 Å². The summed E-state index contributed by atoms with van der Waals surface area (Å²) in [4.78, 5) is 35.0. The van der Waals surface area contributed by atoms with E-state index in [1.54, 1.807) is 41.5 Å². The average molecular weight is 355 g/mol. The molecule has 9 nitrogen and oxygen atoms in total. The number of ether oxygens (including phenoxy) is 2. The number of nitrogens with one attached hydrogen (secondary N) is 1. The van der Waals surface area contributed by atoms with Crippen molar-refractivity contribution in [3.8, 4) is 0 Å². The maximum absolute atomic E-state index is 11.9. The number of carbonyl (C=O) groups is 3. The highest BCUT2D eigenvalue weighted by molar-refractivity contribution is 5.80. The van der Waals surface area contributed by atoms with Gasteiger partial charge in [0.1, 0.15) is 17.2 Å². The van der Waals surface area contributed by atoms with Gasteiger partial charge in [-0.15, -0.1) is 0 Å². The molecule has 0 unspecified atom stereocenters. The molecule has 140 valence electrons. The second-order valence-electron chi connectivity index (χ2n) is 7.47. The van der Waals surface area contributed by atoms with E-state index in [0.717, 1.165) is 4.68 Å². The molecule has 0 aliphatic heterocycles. The maximum Gasteiger partial charge on any atom is 0.435 e. The first-order valence-electron chi connectivity index (χ1n) is 7.77. The third kappa shape index (κ3) is 7.69. The number of carboxylic acid groups (broad SMARTS) is 1.